The van der Waals surface area contributed by atoms with E-state index in [4.69, 9.17) is 0 Å². The molecule has 0 heterocycles. The average Bonchev–Trinajstić information content (AvgIpc) is 1.99. The predicted octanol–water partition coefficient (Wildman–Crippen LogP) is -2.20. The van der Waals surface area contributed by atoms with E-state index in [1.165, 1.54) is 6.92 Å². The number of carbonyl (C=O) groups excluding carboxylic acids is 3. The van der Waals surface area contributed by atoms with E-state index in [-0.39, 0.29) is 6.61 Å². The highest BCUT2D eigenvalue weighted by molar-refractivity contribution is 6.00. The molecule has 0 aromatic carbocycles. The molecule has 74 valence electrons. The number of nitrogens with one attached hydrogen (secondary N) is 1. The molecule has 6 nitrogen and oxygen atoms in total. The number of aliphatic carboxylic acids is 1. The Hall–Kier alpha value is -1.59. The van der Waals surface area contributed by atoms with Crippen LogP contribution in [0.2, 0.25) is 0 Å². The lowest BCUT2D eigenvalue weighted by molar-refractivity contribution is -0.307. The van der Waals surface area contributed by atoms with E-state index in [1.54, 1.807) is 0 Å². The molecule has 0 rings (SSSR count). The molecule has 0 unspecified atom stereocenters. The first-order chi connectivity index (χ1) is 5.99. The van der Waals surface area contributed by atoms with Gasteiger partial charge in [-0.15, -0.1) is 0 Å². The van der Waals surface area contributed by atoms with Gasteiger partial charge in [-0.05, 0) is 6.92 Å². The third-order valence-corrected chi connectivity index (χ3v) is 1.11. The number of rotatable bonds is 4. The van der Waals surface area contributed by atoms with Crippen LogP contribution in [0.5, 0.6) is 0 Å². The maximum Gasteiger partial charge on any atom is 0.334 e. The molecule has 0 aliphatic heterocycles. The van der Waals surface area contributed by atoms with E-state index in [1.807, 2.05) is 5.32 Å². The van der Waals surface area contributed by atoms with Crippen LogP contribution in [-0.2, 0) is 19.1 Å². The van der Waals surface area contributed by atoms with Crippen molar-refractivity contribution in [3.8, 4) is 0 Å². The van der Waals surface area contributed by atoms with Crippen molar-refractivity contribution in [3.05, 3.63) is 0 Å². The van der Waals surface area contributed by atoms with Crippen LogP contribution in [0.3, 0.4) is 0 Å². The second kappa shape index (κ2) is 5.13. The van der Waals surface area contributed by atoms with Crippen LogP contribution in [0, 0.1) is 0 Å². The van der Waals surface area contributed by atoms with Crippen LogP contribution >= 0.6 is 0 Å². The Kier molecular flexibility index (Phi) is 4.50. The Morgan fingerprint density at radius 3 is 2.31 bits per heavy atom. The highest BCUT2D eigenvalue weighted by Crippen LogP contribution is 1.88. The molecule has 0 aliphatic rings. The minimum atomic E-state index is -1.72. The first kappa shape index (κ1) is 11.4. The molecule has 0 radical (unpaired) electrons. The Morgan fingerprint density at radius 2 is 2.00 bits per heavy atom. The first-order valence-electron chi connectivity index (χ1n) is 3.63. The smallest absolute Gasteiger partial charge is 0.334 e. The number of carboxylic acids is 1. The summed E-state index contributed by atoms with van der Waals surface area (Å²) in [6, 6.07) is -1.72. The van der Waals surface area contributed by atoms with Gasteiger partial charge in [0.25, 0.3) is 0 Å². The van der Waals surface area contributed by atoms with Gasteiger partial charge in [-0.3, -0.25) is 4.79 Å². The molecule has 1 N–H and O–H groups in total. The maximum absolute atomic E-state index is 10.9. The Labute approximate surface area is 74.9 Å². The van der Waals surface area contributed by atoms with Crippen molar-refractivity contribution in [2.75, 3.05) is 6.61 Å². The Morgan fingerprint density at radius 1 is 1.46 bits per heavy atom. The molecule has 0 aromatic rings. The molecule has 1 atom stereocenters. The lowest BCUT2D eigenvalue weighted by atomic mass is 10.3. The molecular weight excluding hydrogens is 178 g/mol. The monoisotopic (exact) mass is 188 g/mol. The van der Waals surface area contributed by atoms with Crippen LogP contribution in [0.1, 0.15) is 13.8 Å². The minimum absolute atomic E-state index is 0.0438. The van der Waals surface area contributed by atoms with Crippen molar-refractivity contribution in [2.24, 2.45) is 0 Å². The topological polar surface area (TPSA) is 95.5 Å². The van der Waals surface area contributed by atoms with Crippen molar-refractivity contribution in [1.82, 2.24) is 5.32 Å². The van der Waals surface area contributed by atoms with Gasteiger partial charge in [-0.2, -0.15) is 0 Å². The molecule has 0 spiro atoms. The SMILES string of the molecule is CCOC(=O)[C@H](NC(C)=O)C(=O)[O-]. The molecule has 0 fully saturated rings. The normalized spacial score (nSPS) is 11.5. The lowest BCUT2D eigenvalue weighted by Gasteiger charge is -2.16. The van der Waals surface area contributed by atoms with E-state index in [9.17, 15) is 19.5 Å². The molecule has 6 heteroatoms. The number of esters is 1. The zero-order valence-electron chi connectivity index (χ0n) is 7.33. The van der Waals surface area contributed by atoms with E-state index >= 15 is 0 Å². The summed E-state index contributed by atoms with van der Waals surface area (Å²) in [5.74, 6) is -3.35. The van der Waals surface area contributed by atoms with Crippen molar-refractivity contribution >= 4 is 17.8 Å². The number of hydrogen-bond acceptors (Lipinski definition) is 5. The van der Waals surface area contributed by atoms with Gasteiger partial charge in [-0.1, -0.05) is 0 Å². The molecule has 0 saturated carbocycles. The summed E-state index contributed by atoms with van der Waals surface area (Å²) in [4.78, 5) is 31.6. The summed E-state index contributed by atoms with van der Waals surface area (Å²) in [6.07, 6.45) is 0. The summed E-state index contributed by atoms with van der Waals surface area (Å²) in [5, 5.41) is 12.2. The fourth-order valence-corrected chi connectivity index (χ4v) is 0.643. The van der Waals surface area contributed by atoms with Crippen LogP contribution in [0.4, 0.5) is 0 Å². The highest BCUT2D eigenvalue weighted by Gasteiger charge is 2.21. The molecule has 13 heavy (non-hydrogen) atoms. The zero-order chi connectivity index (χ0) is 10.4. The third kappa shape index (κ3) is 4.09. The van der Waals surface area contributed by atoms with Gasteiger partial charge in [0.05, 0.1) is 12.6 Å². The van der Waals surface area contributed by atoms with Gasteiger partial charge in [0.15, 0.2) is 6.04 Å². The highest BCUT2D eigenvalue weighted by atomic mass is 16.5. The number of carboxylic acid groups (broad SMARTS) is 1. The van der Waals surface area contributed by atoms with Gasteiger partial charge in [-0.25, -0.2) is 4.79 Å². The average molecular weight is 188 g/mol. The van der Waals surface area contributed by atoms with Crippen LogP contribution < -0.4 is 10.4 Å². The minimum Gasteiger partial charge on any atom is -0.547 e. The van der Waals surface area contributed by atoms with Gasteiger partial charge >= 0.3 is 5.97 Å². The second-order valence-corrected chi connectivity index (χ2v) is 2.20. The number of amides is 1. The van der Waals surface area contributed by atoms with Crippen molar-refractivity contribution in [2.45, 2.75) is 19.9 Å². The summed E-state index contributed by atoms with van der Waals surface area (Å²) in [5.41, 5.74) is 0. The van der Waals surface area contributed by atoms with E-state index in [2.05, 4.69) is 4.74 Å². The van der Waals surface area contributed by atoms with Gasteiger partial charge in [0, 0.05) is 6.92 Å². The summed E-state index contributed by atoms with van der Waals surface area (Å²) >= 11 is 0. The fraction of sp³-hybridized carbons (Fsp3) is 0.571. The Bertz CT molecular complexity index is 225. The van der Waals surface area contributed by atoms with Gasteiger partial charge in [0.2, 0.25) is 5.91 Å². The molecule has 0 aliphatic carbocycles. The third-order valence-electron chi connectivity index (χ3n) is 1.11. The van der Waals surface area contributed by atoms with Crippen LogP contribution in [0.15, 0.2) is 0 Å². The Balaban J connectivity index is 4.32. The largest absolute Gasteiger partial charge is 0.547 e. The van der Waals surface area contributed by atoms with Crippen molar-refractivity contribution in [3.63, 3.8) is 0 Å². The predicted molar refractivity (Wildman–Crippen MR) is 39.2 cm³/mol. The standard InChI is InChI=1S/C7H11NO5/c1-3-13-7(12)5(6(10)11)8-4(2)9/h5H,3H2,1-2H3,(H,8,9)(H,10,11)/p-1/t5-/m1/s1. The lowest BCUT2D eigenvalue weighted by Crippen LogP contribution is -2.52. The number of carbonyl (C=O) groups is 3. The zero-order valence-corrected chi connectivity index (χ0v) is 7.33. The fourth-order valence-electron chi connectivity index (χ4n) is 0.643. The van der Waals surface area contributed by atoms with Crippen LogP contribution in [0.25, 0.3) is 0 Å². The number of ether oxygens (including phenoxy) is 1. The quantitative estimate of drug-likeness (QED) is 0.399. The van der Waals surface area contributed by atoms with E-state index < -0.39 is 23.9 Å². The van der Waals surface area contributed by atoms with Crippen molar-refractivity contribution < 1.29 is 24.2 Å². The first-order valence-corrected chi connectivity index (χ1v) is 3.63. The summed E-state index contributed by atoms with van der Waals surface area (Å²) < 4.78 is 4.39. The van der Waals surface area contributed by atoms with E-state index in [0.29, 0.717) is 0 Å². The molecule has 0 aromatic heterocycles. The number of hydrogen-bond donors (Lipinski definition) is 1. The summed E-state index contributed by atoms with van der Waals surface area (Å²) in [7, 11) is 0. The van der Waals surface area contributed by atoms with Gasteiger partial charge in [0.1, 0.15) is 0 Å². The molecular formula is C7H10NO5-. The van der Waals surface area contributed by atoms with Crippen molar-refractivity contribution in [1.29, 1.82) is 0 Å². The molecule has 0 bridgehead atoms. The molecule has 0 saturated heterocycles. The second-order valence-electron chi connectivity index (χ2n) is 2.20. The molecule has 1 amide bonds. The van der Waals surface area contributed by atoms with E-state index in [0.717, 1.165) is 6.92 Å². The maximum atomic E-state index is 10.9. The van der Waals surface area contributed by atoms with Gasteiger partial charge < -0.3 is 20.0 Å². The summed E-state index contributed by atoms with van der Waals surface area (Å²) in [6.45, 7) is 2.66. The van der Waals surface area contributed by atoms with Crippen LogP contribution in [-0.4, -0.2) is 30.5 Å².